The summed E-state index contributed by atoms with van der Waals surface area (Å²) in [6.07, 6.45) is 0. The van der Waals surface area contributed by atoms with Gasteiger partial charge in [-0.3, -0.25) is 0 Å². The van der Waals surface area contributed by atoms with Crippen molar-refractivity contribution in [3.63, 3.8) is 0 Å². The first-order valence-electron chi connectivity index (χ1n) is 3.77. The average molecular weight is 346 g/mol. The Hall–Kier alpha value is 1.38. The van der Waals surface area contributed by atoms with Gasteiger partial charge in [0.2, 0.25) is 0 Å². The van der Waals surface area contributed by atoms with Gasteiger partial charge in [-0.05, 0) is 13.1 Å². The fourth-order valence-electron chi connectivity index (χ4n) is 0.996. The van der Waals surface area contributed by atoms with E-state index >= 15 is 0 Å². The van der Waals surface area contributed by atoms with Crippen LogP contribution in [0.3, 0.4) is 0 Å². The van der Waals surface area contributed by atoms with E-state index in [4.69, 9.17) is 13.3 Å². The Kier molecular flexibility index (Phi) is 24.4. The molecule has 0 aliphatic rings. The first-order chi connectivity index (χ1) is 5.39. The molecule has 16 heavy (non-hydrogen) atoms. The van der Waals surface area contributed by atoms with Crippen LogP contribution in [-0.2, 0) is 46.0 Å². The van der Waals surface area contributed by atoms with Crippen LogP contribution >= 0.6 is 0 Å². The molecule has 0 heterocycles. The monoisotopic (exact) mass is 346 g/mol. The Balaban J connectivity index is -0.000000101. The van der Waals surface area contributed by atoms with Gasteiger partial charge in [-0.15, -0.1) is 0 Å². The van der Waals surface area contributed by atoms with Crippen LogP contribution in [0.15, 0.2) is 0 Å². The zero-order valence-corrected chi connectivity index (χ0v) is 14.8. The fourth-order valence-corrected chi connectivity index (χ4v) is 7.47. The normalized spacial score (nSPS) is 10.1. The van der Waals surface area contributed by atoms with E-state index in [1.807, 2.05) is 13.1 Å². The van der Waals surface area contributed by atoms with Gasteiger partial charge in [0, 0.05) is 59.7 Å². The molecule has 0 aliphatic heterocycles. The molecule has 0 atom stereocenters. The van der Waals surface area contributed by atoms with Gasteiger partial charge in [0.1, 0.15) is 0 Å². The maximum Gasteiger partial charge on any atom is 0.499 e. The molecule has 0 aliphatic carbocycles. The molecule has 0 unspecified atom stereocenters. The third kappa shape index (κ3) is 11.9. The molecule has 0 aromatic rings. The fraction of sp³-hybridized carbons (Fsp3) is 0.889. The van der Waals surface area contributed by atoms with E-state index in [0.29, 0.717) is 5.67 Å². The zero-order valence-electron chi connectivity index (χ0n) is 9.96. The maximum atomic E-state index is 9.68. The first kappa shape index (κ1) is 30.4. The van der Waals surface area contributed by atoms with Crippen molar-refractivity contribution < 1.29 is 50.8 Å². The second-order valence-electron chi connectivity index (χ2n) is 3.28. The van der Waals surface area contributed by atoms with Gasteiger partial charge < -0.3 is 25.5 Å². The number of rotatable bonds is 5. The summed E-state index contributed by atoms with van der Waals surface area (Å²) in [6.45, 7) is 3.68. The summed E-state index contributed by atoms with van der Waals surface area (Å²) in [5.74, 6) is 0. The van der Waals surface area contributed by atoms with Gasteiger partial charge in [-0.2, -0.15) is 0 Å². The van der Waals surface area contributed by atoms with E-state index < -0.39 is 17.1 Å². The predicted octanol–water partition coefficient (Wildman–Crippen LogP) is 2.32. The first-order valence-corrected chi connectivity index (χ1v) is 8.85. The minimum absolute atomic E-state index is 0. The summed E-state index contributed by atoms with van der Waals surface area (Å²) in [6, 6.07) is 0. The zero-order chi connectivity index (χ0) is 9.83. The second-order valence-corrected chi connectivity index (χ2v) is 10.9. The molecule has 0 saturated heterocycles. The summed E-state index contributed by atoms with van der Waals surface area (Å²) in [4.78, 5) is 9.68. The van der Waals surface area contributed by atoms with Gasteiger partial charge in [0.05, 0.1) is 0 Å². The van der Waals surface area contributed by atoms with Crippen LogP contribution in [0.2, 0.25) is 18.8 Å². The van der Waals surface area contributed by atoms with E-state index in [0.717, 1.165) is 0 Å². The maximum absolute atomic E-state index is 9.68. The molecule has 0 aromatic heterocycles. The molecule has 1 radical (unpaired) electrons. The van der Waals surface area contributed by atoms with Gasteiger partial charge >= 0.3 is 8.80 Å². The molecule has 0 aromatic carbocycles. The molecule has 0 bridgehead atoms. The Bertz CT molecular complexity index is 130. The molecule has 0 amide bonds. The van der Waals surface area contributed by atoms with Crippen LogP contribution in [0.1, 0.15) is 14.9 Å². The molecular weight excluding hydrogens is 317 g/mol. The Labute approximate surface area is 129 Å². The molecule has 0 rings (SSSR count). The van der Waals surface area contributed by atoms with Crippen molar-refractivity contribution >= 4 is 17.1 Å². The summed E-state index contributed by atoms with van der Waals surface area (Å²) < 4.78 is 15.5. The van der Waals surface area contributed by atoms with Crippen LogP contribution in [-0.4, -0.2) is 43.2 Å². The van der Waals surface area contributed by atoms with Gasteiger partial charge in [-0.1, -0.05) is 14.9 Å². The van der Waals surface area contributed by atoms with E-state index in [2.05, 4.69) is 0 Å². The topological polar surface area (TPSA) is 47.9 Å². The van der Waals surface area contributed by atoms with Gasteiger partial charge in [0.15, 0.2) is 8.32 Å². The van der Waals surface area contributed by atoms with Crippen LogP contribution < -0.4 is 0 Å². The van der Waals surface area contributed by atoms with Crippen LogP contribution in [0.5, 0.6) is 0 Å². The minimum Gasteiger partial charge on any atom is -0.432 e. The van der Waals surface area contributed by atoms with Crippen LogP contribution in [0.4, 0.5) is 0 Å². The summed E-state index contributed by atoms with van der Waals surface area (Å²) in [5.41, 5.74) is 0.531. The third-order valence-electron chi connectivity index (χ3n) is 1.58. The number of hydrogen-bond acceptors (Lipinski definition) is 4. The van der Waals surface area contributed by atoms with Gasteiger partial charge in [0.25, 0.3) is 0 Å². The molecular formula is C9H29O4Si2Y-. The molecule has 4 nitrogen and oxygen atoms in total. The van der Waals surface area contributed by atoms with E-state index in [1.54, 1.807) is 21.3 Å². The van der Waals surface area contributed by atoms with Crippen molar-refractivity contribution in [1.29, 1.82) is 0 Å². The Morgan fingerprint density at radius 1 is 0.938 bits per heavy atom. The van der Waals surface area contributed by atoms with Crippen molar-refractivity contribution in [3.05, 3.63) is 7.43 Å². The summed E-state index contributed by atoms with van der Waals surface area (Å²) in [5, 5.41) is 0. The molecule has 1 N–H and O–H groups in total. The summed E-state index contributed by atoms with van der Waals surface area (Å²) in [7, 11) is -0.0451. The second kappa shape index (κ2) is 12.8. The predicted molar refractivity (Wildman–Crippen MR) is 71.2 cm³/mol. The van der Waals surface area contributed by atoms with E-state index in [-0.39, 0.29) is 55.0 Å². The van der Waals surface area contributed by atoms with Gasteiger partial charge in [-0.25, -0.2) is 0 Å². The number of hydrogen-bond donors (Lipinski definition) is 1. The Morgan fingerprint density at radius 2 is 1.19 bits per heavy atom. The van der Waals surface area contributed by atoms with Crippen LogP contribution in [0, 0.1) is 7.43 Å². The smallest absolute Gasteiger partial charge is 0.432 e. The molecule has 0 saturated carbocycles. The van der Waals surface area contributed by atoms with E-state index in [9.17, 15) is 4.80 Å². The average Bonchev–Trinajstić information content (AvgIpc) is 1.99. The summed E-state index contributed by atoms with van der Waals surface area (Å²) >= 11 is 0. The Morgan fingerprint density at radius 3 is 1.25 bits per heavy atom. The molecule has 7 heteroatoms. The molecule has 101 valence electrons. The third-order valence-corrected chi connectivity index (χ3v) is 8.64. The van der Waals surface area contributed by atoms with Crippen molar-refractivity contribution in [2.45, 2.75) is 33.6 Å². The van der Waals surface area contributed by atoms with Crippen molar-refractivity contribution in [2.75, 3.05) is 21.3 Å². The minimum atomic E-state index is -2.54. The van der Waals surface area contributed by atoms with Crippen molar-refractivity contribution in [3.8, 4) is 0 Å². The quantitative estimate of drug-likeness (QED) is 0.613. The van der Waals surface area contributed by atoms with Crippen LogP contribution in [0.25, 0.3) is 0 Å². The van der Waals surface area contributed by atoms with Crippen molar-refractivity contribution in [1.82, 2.24) is 0 Å². The SMILES string of the molecule is C.C.CO[Si](C[Si](C)(C)O)(OC)OC.[CH3-].[Y]. The standard InChI is InChI=1S/C6H18O4Si2.2CH4.CH3.Y/c1-8-12(9-2,10-3)6-11(4,5)7;;;;/h7H,6H2,1-5H3;2*1H4;1H3;/q;;;-1;. The molecule has 0 spiro atoms. The van der Waals surface area contributed by atoms with Crippen molar-refractivity contribution in [2.24, 2.45) is 0 Å². The largest absolute Gasteiger partial charge is 0.499 e. The molecule has 0 fully saturated rings. The van der Waals surface area contributed by atoms with E-state index in [1.165, 1.54) is 0 Å².